The summed E-state index contributed by atoms with van der Waals surface area (Å²) < 4.78 is 95.0. The minimum absolute atomic E-state index is 0.00157. The number of phenols is 2. The molecule has 4 nitrogen and oxygen atoms in total. The fourth-order valence-corrected chi connectivity index (χ4v) is 5.56. The van der Waals surface area contributed by atoms with Gasteiger partial charge in [0.05, 0.1) is 25.3 Å². The van der Waals surface area contributed by atoms with Gasteiger partial charge >= 0.3 is 12.4 Å². The van der Waals surface area contributed by atoms with Gasteiger partial charge in [0.25, 0.3) is 0 Å². The summed E-state index contributed by atoms with van der Waals surface area (Å²) in [6, 6.07) is 13.2. The summed E-state index contributed by atoms with van der Waals surface area (Å²) in [6.07, 6.45) is -10.0. The van der Waals surface area contributed by atoms with Crippen molar-refractivity contribution in [3.05, 3.63) is 116 Å². The van der Waals surface area contributed by atoms with Gasteiger partial charge in [0, 0.05) is 25.7 Å². The Morgan fingerprint density at radius 2 is 0.762 bits per heavy atom. The molecule has 0 amide bonds. The number of alkyl halides is 6. The van der Waals surface area contributed by atoms with E-state index in [9.17, 15) is 36.6 Å². The zero-order chi connectivity index (χ0) is 30.4. The Bertz CT molecular complexity index is 1440. The van der Waals surface area contributed by atoms with Crippen molar-refractivity contribution in [2.24, 2.45) is 0 Å². The van der Waals surface area contributed by atoms with Crippen LogP contribution < -0.4 is 9.47 Å². The normalized spacial score (nSPS) is 13.5. The van der Waals surface area contributed by atoms with Crippen molar-refractivity contribution in [3.8, 4) is 23.0 Å². The zero-order valence-electron chi connectivity index (χ0n) is 22.6. The molecular weight excluding hydrogens is 562 g/mol. The Hall–Kier alpha value is -4.34. The molecule has 0 aromatic heterocycles. The van der Waals surface area contributed by atoms with Crippen molar-refractivity contribution < 1.29 is 46.0 Å². The Labute approximate surface area is 237 Å². The average Bonchev–Trinajstić information content (AvgIpc) is 2.91. The summed E-state index contributed by atoms with van der Waals surface area (Å²) in [5.41, 5.74) is -0.218. The van der Waals surface area contributed by atoms with Crippen molar-refractivity contribution >= 4 is 0 Å². The van der Waals surface area contributed by atoms with Crippen molar-refractivity contribution in [3.63, 3.8) is 0 Å². The Balaban J connectivity index is 1.81. The van der Waals surface area contributed by atoms with Crippen LogP contribution in [0.15, 0.2) is 60.7 Å². The SMILES string of the molecule is COc1c2cccc1Cc1cc(C(F)(F)F)cc(c1O)Cc1cccc(c1OC)Cc1cc(C(F)(F)F)cc(c1O)C2. The van der Waals surface area contributed by atoms with Crippen LogP contribution in [0.2, 0.25) is 0 Å². The number of rotatable bonds is 2. The first-order valence-corrected chi connectivity index (χ1v) is 12.9. The number of ether oxygens (including phenoxy) is 2. The van der Waals surface area contributed by atoms with Crippen LogP contribution in [0.25, 0.3) is 0 Å². The molecule has 5 rings (SSSR count). The molecule has 8 bridgehead atoms. The molecule has 0 saturated heterocycles. The van der Waals surface area contributed by atoms with Gasteiger partial charge in [0.15, 0.2) is 0 Å². The number of halogens is 6. The molecule has 10 heteroatoms. The molecule has 0 aliphatic heterocycles. The predicted molar refractivity (Wildman–Crippen MR) is 143 cm³/mol. The van der Waals surface area contributed by atoms with Gasteiger partial charge in [-0.3, -0.25) is 0 Å². The number of aromatic hydroxyl groups is 2. The first-order valence-electron chi connectivity index (χ1n) is 12.9. The topological polar surface area (TPSA) is 58.9 Å². The van der Waals surface area contributed by atoms with Crippen LogP contribution in [-0.4, -0.2) is 24.4 Å². The fourth-order valence-electron chi connectivity index (χ4n) is 5.56. The first kappa shape index (κ1) is 29.2. The van der Waals surface area contributed by atoms with E-state index in [1.54, 1.807) is 36.4 Å². The molecule has 42 heavy (non-hydrogen) atoms. The molecule has 0 radical (unpaired) electrons. The lowest BCUT2D eigenvalue weighted by Gasteiger charge is -2.21. The van der Waals surface area contributed by atoms with Crippen LogP contribution in [0.4, 0.5) is 26.3 Å². The van der Waals surface area contributed by atoms with Crippen LogP contribution >= 0.6 is 0 Å². The minimum Gasteiger partial charge on any atom is -0.507 e. The lowest BCUT2D eigenvalue weighted by Crippen LogP contribution is -2.10. The largest absolute Gasteiger partial charge is 0.507 e. The van der Waals surface area contributed by atoms with Gasteiger partial charge < -0.3 is 19.7 Å². The third-order valence-corrected chi connectivity index (χ3v) is 7.48. The van der Waals surface area contributed by atoms with Crippen LogP contribution in [0.1, 0.15) is 55.6 Å². The van der Waals surface area contributed by atoms with Gasteiger partial charge in [-0.1, -0.05) is 36.4 Å². The predicted octanol–water partition coefficient (Wildman–Crippen LogP) is 7.83. The summed E-state index contributed by atoms with van der Waals surface area (Å²) in [4.78, 5) is 0. The fraction of sp³-hybridized carbons (Fsp3) is 0.250. The van der Waals surface area contributed by atoms with Gasteiger partial charge in [-0.05, 0) is 68.8 Å². The van der Waals surface area contributed by atoms with Crippen molar-refractivity contribution in [1.29, 1.82) is 0 Å². The molecule has 4 aromatic carbocycles. The van der Waals surface area contributed by atoms with Crippen LogP contribution in [-0.2, 0) is 38.0 Å². The molecular formula is C32H26F6O4. The van der Waals surface area contributed by atoms with E-state index in [0.717, 1.165) is 24.3 Å². The van der Waals surface area contributed by atoms with Crippen molar-refractivity contribution in [2.75, 3.05) is 14.2 Å². The molecule has 0 atom stereocenters. The Kier molecular flexibility index (Phi) is 7.51. The molecule has 0 fully saturated rings. The Morgan fingerprint density at radius 3 is 0.976 bits per heavy atom. The summed E-state index contributed by atoms with van der Waals surface area (Å²) >= 11 is 0. The van der Waals surface area contributed by atoms with Gasteiger partial charge in [-0.15, -0.1) is 0 Å². The standard InChI is InChI=1S/C32H26F6O4/c1-41-29-17-5-3-6-18(29)10-22-14-26(32(36,37)38)16-24(28(22)40)12-20-8-4-7-19(30(20)42-2)11-23-15-25(31(33,34)35)13-21(9-17)27(23)39/h3-8,13-16,39-40H,9-12H2,1-2H3. The molecule has 0 spiro atoms. The second kappa shape index (κ2) is 10.8. The van der Waals surface area contributed by atoms with Crippen LogP contribution in [0.5, 0.6) is 23.0 Å². The molecule has 4 aromatic rings. The van der Waals surface area contributed by atoms with Gasteiger partial charge in [0.1, 0.15) is 23.0 Å². The number of methoxy groups -OCH3 is 2. The summed E-state index contributed by atoms with van der Waals surface area (Å²) in [7, 11) is 2.68. The van der Waals surface area contributed by atoms with Crippen LogP contribution in [0, 0.1) is 0 Å². The number of hydrogen-bond donors (Lipinski definition) is 2. The Morgan fingerprint density at radius 1 is 0.500 bits per heavy atom. The number of phenolic OH excluding ortho intramolecular Hbond substituents is 2. The van der Waals surface area contributed by atoms with E-state index < -0.39 is 23.5 Å². The highest BCUT2D eigenvalue weighted by Gasteiger charge is 2.34. The van der Waals surface area contributed by atoms with E-state index in [0.29, 0.717) is 22.3 Å². The van der Waals surface area contributed by atoms with Gasteiger partial charge in [-0.2, -0.15) is 26.3 Å². The summed E-state index contributed by atoms with van der Waals surface area (Å²) in [5, 5.41) is 22.4. The quantitative estimate of drug-likeness (QED) is 0.207. The van der Waals surface area contributed by atoms with E-state index >= 15 is 0 Å². The third-order valence-electron chi connectivity index (χ3n) is 7.48. The lowest BCUT2D eigenvalue weighted by atomic mass is 9.89. The van der Waals surface area contributed by atoms with Crippen LogP contribution in [0.3, 0.4) is 0 Å². The number of hydrogen-bond acceptors (Lipinski definition) is 4. The monoisotopic (exact) mass is 588 g/mol. The van der Waals surface area contributed by atoms with E-state index in [2.05, 4.69) is 0 Å². The van der Waals surface area contributed by atoms with E-state index in [1.165, 1.54) is 14.2 Å². The highest BCUT2D eigenvalue weighted by Crippen LogP contribution is 2.42. The number of para-hydroxylation sites is 2. The molecule has 1 aliphatic carbocycles. The molecule has 2 N–H and O–H groups in total. The maximum Gasteiger partial charge on any atom is 0.416 e. The summed E-state index contributed by atoms with van der Waals surface area (Å²) in [5.74, 6) is -0.165. The smallest absolute Gasteiger partial charge is 0.416 e. The second-order valence-corrected chi connectivity index (χ2v) is 10.2. The number of benzene rings is 4. The maximum atomic E-state index is 14.0. The minimum atomic E-state index is -4.69. The summed E-state index contributed by atoms with van der Waals surface area (Å²) in [6.45, 7) is 0. The molecule has 220 valence electrons. The average molecular weight is 589 g/mol. The maximum absolute atomic E-state index is 14.0. The molecule has 0 saturated carbocycles. The highest BCUT2D eigenvalue weighted by molar-refractivity contribution is 5.57. The zero-order valence-corrected chi connectivity index (χ0v) is 22.6. The van der Waals surface area contributed by atoms with Gasteiger partial charge in [-0.25, -0.2) is 0 Å². The second-order valence-electron chi connectivity index (χ2n) is 10.2. The molecule has 0 heterocycles. The third kappa shape index (κ3) is 5.57. The van der Waals surface area contributed by atoms with E-state index in [-0.39, 0.29) is 70.9 Å². The highest BCUT2D eigenvalue weighted by atomic mass is 19.4. The van der Waals surface area contributed by atoms with Crippen molar-refractivity contribution in [1.82, 2.24) is 0 Å². The van der Waals surface area contributed by atoms with Gasteiger partial charge in [0.2, 0.25) is 0 Å². The first-order chi connectivity index (χ1) is 19.8. The molecule has 0 unspecified atom stereocenters. The lowest BCUT2D eigenvalue weighted by molar-refractivity contribution is -0.138. The van der Waals surface area contributed by atoms with E-state index in [1.807, 2.05) is 0 Å². The number of fused-ring (bicyclic) bond motifs is 8. The van der Waals surface area contributed by atoms with E-state index in [4.69, 9.17) is 9.47 Å². The van der Waals surface area contributed by atoms with Crippen molar-refractivity contribution in [2.45, 2.75) is 38.0 Å². The molecule has 1 aliphatic rings.